The lowest BCUT2D eigenvalue weighted by molar-refractivity contribution is 0.0977. The first kappa shape index (κ1) is 18.0. The number of carbonyl (C=O) groups excluding carboxylic acids is 1. The Hall–Kier alpha value is -2.82. The van der Waals surface area contributed by atoms with E-state index in [4.69, 9.17) is 23.2 Å². The van der Waals surface area contributed by atoms with Gasteiger partial charge < -0.3 is 5.32 Å². The van der Waals surface area contributed by atoms with E-state index in [-0.39, 0.29) is 5.91 Å². The minimum Gasteiger partial charge on any atom is -0.326 e. The molecule has 0 heterocycles. The fraction of sp³-hybridized carbons (Fsp3) is 0. The standard InChI is InChI=1S/C20H15Cl2N3O/c21-17-12-11-14(13-18(17)22)19(26)25-20(23-15-7-3-1-4-8-15)24-16-9-5-2-6-10-16/h1-13H,(H2,23,24,25,26). The van der Waals surface area contributed by atoms with Crippen LogP contribution in [-0.4, -0.2) is 11.9 Å². The maximum Gasteiger partial charge on any atom is 0.258 e. The first-order chi connectivity index (χ1) is 12.6. The largest absolute Gasteiger partial charge is 0.326 e. The summed E-state index contributed by atoms with van der Waals surface area (Å²) < 4.78 is 0. The summed E-state index contributed by atoms with van der Waals surface area (Å²) in [4.78, 5) is 17.0. The molecule has 3 rings (SSSR count). The molecule has 1 amide bonds. The highest BCUT2D eigenvalue weighted by Crippen LogP contribution is 2.22. The van der Waals surface area contributed by atoms with Gasteiger partial charge in [-0.2, -0.15) is 0 Å². The van der Waals surface area contributed by atoms with Gasteiger partial charge >= 0.3 is 0 Å². The summed E-state index contributed by atoms with van der Waals surface area (Å²) in [7, 11) is 0. The van der Waals surface area contributed by atoms with Crippen molar-refractivity contribution in [3.63, 3.8) is 0 Å². The molecule has 3 aromatic carbocycles. The fourth-order valence-corrected chi connectivity index (χ4v) is 2.49. The Labute approximate surface area is 161 Å². The van der Waals surface area contributed by atoms with Crippen LogP contribution in [0.5, 0.6) is 0 Å². The van der Waals surface area contributed by atoms with Crippen LogP contribution < -0.4 is 10.6 Å². The third kappa shape index (κ3) is 4.85. The molecule has 2 N–H and O–H groups in total. The van der Waals surface area contributed by atoms with Crippen molar-refractivity contribution in [3.05, 3.63) is 94.5 Å². The van der Waals surface area contributed by atoms with Crippen molar-refractivity contribution in [2.75, 3.05) is 5.32 Å². The van der Waals surface area contributed by atoms with E-state index in [9.17, 15) is 4.79 Å². The third-order valence-corrected chi connectivity index (χ3v) is 4.19. The van der Waals surface area contributed by atoms with Crippen molar-refractivity contribution in [3.8, 4) is 0 Å². The van der Waals surface area contributed by atoms with Gasteiger partial charge in [0.2, 0.25) is 5.96 Å². The van der Waals surface area contributed by atoms with Gasteiger partial charge in [-0.25, -0.2) is 4.99 Å². The number of benzene rings is 3. The lowest BCUT2D eigenvalue weighted by Crippen LogP contribution is -2.35. The predicted octanol–water partition coefficient (Wildman–Crippen LogP) is 5.52. The van der Waals surface area contributed by atoms with E-state index in [1.807, 2.05) is 60.7 Å². The highest BCUT2D eigenvalue weighted by molar-refractivity contribution is 6.42. The zero-order chi connectivity index (χ0) is 18.4. The van der Waals surface area contributed by atoms with Gasteiger partial charge in [0.15, 0.2) is 0 Å². The number of para-hydroxylation sites is 2. The average molecular weight is 384 g/mol. The minimum absolute atomic E-state index is 0.304. The number of halogens is 2. The third-order valence-electron chi connectivity index (χ3n) is 3.45. The second-order valence-electron chi connectivity index (χ2n) is 5.37. The van der Waals surface area contributed by atoms with E-state index in [2.05, 4.69) is 15.6 Å². The van der Waals surface area contributed by atoms with Crippen LogP contribution in [0, 0.1) is 0 Å². The van der Waals surface area contributed by atoms with Crippen LogP contribution in [0.15, 0.2) is 83.9 Å². The second kappa shape index (κ2) is 8.52. The molecule has 0 fully saturated rings. The van der Waals surface area contributed by atoms with Crippen LogP contribution in [-0.2, 0) is 0 Å². The number of anilines is 1. The Balaban J connectivity index is 1.86. The van der Waals surface area contributed by atoms with Crippen LogP contribution in [0.3, 0.4) is 0 Å². The summed E-state index contributed by atoms with van der Waals surface area (Å²) >= 11 is 11.9. The number of nitrogens with zero attached hydrogens (tertiary/aromatic N) is 1. The number of carbonyl (C=O) groups is 1. The number of amides is 1. The molecule has 0 atom stereocenters. The monoisotopic (exact) mass is 383 g/mol. The summed E-state index contributed by atoms with van der Waals surface area (Å²) in [6, 6.07) is 23.5. The zero-order valence-corrected chi connectivity index (χ0v) is 15.1. The first-order valence-electron chi connectivity index (χ1n) is 7.84. The highest BCUT2D eigenvalue weighted by atomic mass is 35.5. The van der Waals surface area contributed by atoms with E-state index in [1.165, 1.54) is 6.07 Å². The van der Waals surface area contributed by atoms with Crippen LogP contribution >= 0.6 is 23.2 Å². The predicted molar refractivity (Wildman–Crippen MR) is 108 cm³/mol. The number of nitrogens with one attached hydrogen (secondary N) is 2. The second-order valence-corrected chi connectivity index (χ2v) is 6.18. The van der Waals surface area contributed by atoms with Gasteiger partial charge in [0, 0.05) is 11.3 Å². The quantitative estimate of drug-likeness (QED) is 0.461. The molecule has 6 heteroatoms. The lowest BCUT2D eigenvalue weighted by Gasteiger charge is -2.12. The van der Waals surface area contributed by atoms with Crippen molar-refractivity contribution in [1.29, 1.82) is 0 Å². The molecule has 0 aromatic heterocycles. The van der Waals surface area contributed by atoms with Crippen molar-refractivity contribution in [2.24, 2.45) is 4.99 Å². The van der Waals surface area contributed by atoms with Gasteiger partial charge in [-0.3, -0.25) is 10.1 Å². The van der Waals surface area contributed by atoms with Gasteiger partial charge in [-0.05, 0) is 42.5 Å². The molecule has 0 unspecified atom stereocenters. The first-order valence-corrected chi connectivity index (χ1v) is 8.59. The Morgan fingerprint density at radius 3 is 2.12 bits per heavy atom. The van der Waals surface area contributed by atoms with Crippen LogP contribution in [0.2, 0.25) is 10.0 Å². The molecule has 3 aromatic rings. The molecule has 0 aliphatic carbocycles. The van der Waals surface area contributed by atoms with Crippen molar-refractivity contribution >= 4 is 46.4 Å². The molecule has 0 saturated heterocycles. The fourth-order valence-electron chi connectivity index (χ4n) is 2.19. The van der Waals surface area contributed by atoms with Crippen molar-refractivity contribution in [2.45, 2.75) is 0 Å². The topological polar surface area (TPSA) is 53.5 Å². The maximum absolute atomic E-state index is 12.6. The molecule has 0 bridgehead atoms. The molecule has 0 radical (unpaired) electrons. The number of aliphatic imine (C=N–C) groups is 1. The van der Waals surface area contributed by atoms with Crippen LogP contribution in [0.25, 0.3) is 0 Å². The molecule has 0 spiro atoms. The summed E-state index contributed by atoms with van der Waals surface area (Å²) in [5.41, 5.74) is 1.90. The number of hydrogen-bond donors (Lipinski definition) is 2. The Kier molecular flexibility index (Phi) is 5.89. The Bertz CT molecular complexity index is 928. The van der Waals surface area contributed by atoms with E-state index in [1.54, 1.807) is 12.1 Å². The number of hydrogen-bond acceptors (Lipinski definition) is 2. The maximum atomic E-state index is 12.6. The van der Waals surface area contributed by atoms with Gasteiger partial charge in [-0.15, -0.1) is 0 Å². The molecule has 0 aliphatic heterocycles. The lowest BCUT2D eigenvalue weighted by atomic mass is 10.2. The summed E-state index contributed by atoms with van der Waals surface area (Å²) in [5, 5.41) is 6.60. The normalized spacial score (nSPS) is 11.1. The minimum atomic E-state index is -0.346. The molecule has 26 heavy (non-hydrogen) atoms. The molecule has 130 valence electrons. The summed E-state index contributed by atoms with van der Waals surface area (Å²) in [5.74, 6) is -0.0415. The number of rotatable bonds is 3. The smallest absolute Gasteiger partial charge is 0.258 e. The Morgan fingerprint density at radius 1 is 0.808 bits per heavy atom. The van der Waals surface area contributed by atoms with Gasteiger partial charge in [-0.1, -0.05) is 59.6 Å². The van der Waals surface area contributed by atoms with Crippen LogP contribution in [0.1, 0.15) is 10.4 Å². The van der Waals surface area contributed by atoms with Gasteiger partial charge in [0.1, 0.15) is 0 Å². The van der Waals surface area contributed by atoms with E-state index >= 15 is 0 Å². The molecule has 4 nitrogen and oxygen atoms in total. The Morgan fingerprint density at radius 2 is 1.46 bits per heavy atom. The van der Waals surface area contributed by atoms with Crippen LogP contribution in [0.4, 0.5) is 11.4 Å². The van der Waals surface area contributed by atoms with Crippen molar-refractivity contribution in [1.82, 2.24) is 5.32 Å². The molecular formula is C20H15Cl2N3O. The molecule has 0 saturated carbocycles. The van der Waals surface area contributed by atoms with Gasteiger partial charge in [0.25, 0.3) is 5.91 Å². The van der Waals surface area contributed by atoms with Crippen molar-refractivity contribution < 1.29 is 4.79 Å². The van der Waals surface area contributed by atoms with Gasteiger partial charge in [0.05, 0.1) is 15.7 Å². The van der Waals surface area contributed by atoms with E-state index in [0.717, 1.165) is 5.69 Å². The average Bonchev–Trinajstić information content (AvgIpc) is 2.65. The van der Waals surface area contributed by atoms with E-state index in [0.29, 0.717) is 27.3 Å². The zero-order valence-electron chi connectivity index (χ0n) is 13.6. The highest BCUT2D eigenvalue weighted by Gasteiger charge is 2.11. The summed E-state index contributed by atoms with van der Waals surface area (Å²) in [6.07, 6.45) is 0. The molecular weight excluding hydrogens is 369 g/mol. The van der Waals surface area contributed by atoms with E-state index < -0.39 is 0 Å². The summed E-state index contributed by atoms with van der Waals surface area (Å²) in [6.45, 7) is 0. The molecule has 0 aliphatic rings. The number of guanidine groups is 1. The SMILES string of the molecule is O=C(NC(=Nc1ccccc1)Nc1ccccc1)c1ccc(Cl)c(Cl)c1.